The van der Waals surface area contributed by atoms with Gasteiger partial charge in [-0.3, -0.25) is 14.3 Å². The molecular formula is C18H17F3N4O2. The predicted octanol–water partition coefficient (Wildman–Crippen LogP) is 3.62. The Bertz CT molecular complexity index is 1040. The van der Waals surface area contributed by atoms with Crippen LogP contribution in [0.4, 0.5) is 13.2 Å². The summed E-state index contributed by atoms with van der Waals surface area (Å²) in [4.78, 5) is 24.6. The fourth-order valence-electron chi connectivity index (χ4n) is 2.72. The van der Waals surface area contributed by atoms with Crippen molar-refractivity contribution in [2.45, 2.75) is 33.0 Å². The Balaban J connectivity index is 2.37. The summed E-state index contributed by atoms with van der Waals surface area (Å²) in [6, 6.07) is 4.11. The van der Waals surface area contributed by atoms with Gasteiger partial charge in [0.25, 0.3) is 5.56 Å². The molecule has 0 saturated carbocycles. The molecule has 9 heteroatoms. The van der Waals surface area contributed by atoms with Crippen molar-refractivity contribution in [3.63, 3.8) is 0 Å². The van der Waals surface area contributed by atoms with Gasteiger partial charge in [0.15, 0.2) is 11.5 Å². The second kappa shape index (κ2) is 6.98. The zero-order valence-electron chi connectivity index (χ0n) is 14.7. The van der Waals surface area contributed by atoms with Gasteiger partial charge in [-0.2, -0.15) is 13.2 Å². The van der Waals surface area contributed by atoms with Crippen LogP contribution in [-0.2, 0) is 12.7 Å². The molecular weight excluding hydrogens is 361 g/mol. The lowest BCUT2D eigenvalue weighted by atomic mass is 10.1. The first kappa shape index (κ1) is 18.8. The van der Waals surface area contributed by atoms with Crippen LogP contribution in [0.25, 0.3) is 22.4 Å². The van der Waals surface area contributed by atoms with Crippen molar-refractivity contribution in [3.05, 3.63) is 46.6 Å². The van der Waals surface area contributed by atoms with E-state index in [0.29, 0.717) is 6.42 Å². The highest BCUT2D eigenvalue weighted by Crippen LogP contribution is 2.32. The molecule has 3 rings (SSSR count). The zero-order chi connectivity index (χ0) is 19.8. The van der Waals surface area contributed by atoms with E-state index in [1.807, 2.05) is 13.8 Å². The van der Waals surface area contributed by atoms with Crippen LogP contribution >= 0.6 is 0 Å². The van der Waals surface area contributed by atoms with E-state index in [2.05, 4.69) is 15.0 Å². The molecule has 3 aromatic rings. The average Bonchev–Trinajstić information content (AvgIpc) is 2.59. The fourth-order valence-corrected chi connectivity index (χ4v) is 2.72. The summed E-state index contributed by atoms with van der Waals surface area (Å²) in [7, 11) is 0. The highest BCUT2D eigenvalue weighted by molar-refractivity contribution is 5.82. The number of hydrogen-bond acceptors (Lipinski definition) is 5. The van der Waals surface area contributed by atoms with E-state index in [9.17, 15) is 23.1 Å². The monoisotopic (exact) mass is 378 g/mol. The van der Waals surface area contributed by atoms with Crippen molar-refractivity contribution in [3.8, 4) is 17.3 Å². The van der Waals surface area contributed by atoms with Crippen molar-refractivity contribution in [2.24, 2.45) is 5.92 Å². The number of nitrogens with zero attached hydrogens (tertiary/aromatic N) is 4. The second-order valence-corrected chi connectivity index (χ2v) is 6.50. The largest absolute Gasteiger partial charge is 0.506 e. The van der Waals surface area contributed by atoms with Crippen molar-refractivity contribution in [2.75, 3.05) is 0 Å². The lowest BCUT2D eigenvalue weighted by molar-refractivity contribution is -0.139. The SMILES string of the molecule is CC(C)CCn1c(-c2ncccc2O)nc2ccnc(C(F)(F)F)c2c1=O. The number of fused-ring (bicyclic) bond motifs is 1. The molecule has 6 nitrogen and oxygen atoms in total. The van der Waals surface area contributed by atoms with E-state index in [-0.39, 0.29) is 35.2 Å². The first-order chi connectivity index (χ1) is 12.7. The molecule has 0 aromatic carbocycles. The normalized spacial score (nSPS) is 12.1. The lowest BCUT2D eigenvalue weighted by Crippen LogP contribution is -2.27. The Hall–Kier alpha value is -2.97. The molecule has 0 aliphatic rings. The standard InChI is InChI=1S/C18H17F3N4O2/c1-10(2)6-9-25-16(14-12(26)4-3-7-22-14)24-11-5-8-23-15(18(19,20)21)13(11)17(25)27/h3-5,7-8,10,26H,6,9H2,1-2H3. The Morgan fingerprint density at radius 1 is 1.19 bits per heavy atom. The molecule has 142 valence electrons. The van der Waals surface area contributed by atoms with Crippen LogP contribution < -0.4 is 5.56 Å². The summed E-state index contributed by atoms with van der Waals surface area (Å²) in [5.41, 5.74) is -2.25. The number of aromatic nitrogens is 4. The Kier molecular flexibility index (Phi) is 4.86. The van der Waals surface area contributed by atoms with Crippen LogP contribution in [0.15, 0.2) is 35.4 Å². The van der Waals surface area contributed by atoms with Crippen molar-refractivity contribution < 1.29 is 18.3 Å². The van der Waals surface area contributed by atoms with E-state index >= 15 is 0 Å². The van der Waals surface area contributed by atoms with Crippen molar-refractivity contribution >= 4 is 10.9 Å². The quantitative estimate of drug-likeness (QED) is 0.750. The van der Waals surface area contributed by atoms with Gasteiger partial charge < -0.3 is 5.11 Å². The molecule has 0 radical (unpaired) electrons. The molecule has 0 atom stereocenters. The van der Waals surface area contributed by atoms with Gasteiger partial charge in [0.1, 0.15) is 11.4 Å². The highest BCUT2D eigenvalue weighted by atomic mass is 19.4. The van der Waals surface area contributed by atoms with Crippen LogP contribution in [0.3, 0.4) is 0 Å². The van der Waals surface area contributed by atoms with Gasteiger partial charge in [-0.1, -0.05) is 13.8 Å². The molecule has 27 heavy (non-hydrogen) atoms. The molecule has 1 N–H and O–H groups in total. The van der Waals surface area contributed by atoms with Crippen LogP contribution in [0.2, 0.25) is 0 Å². The summed E-state index contributed by atoms with van der Waals surface area (Å²) in [5.74, 6) is 0.00600. The Morgan fingerprint density at radius 3 is 2.56 bits per heavy atom. The number of aromatic hydroxyl groups is 1. The van der Waals surface area contributed by atoms with E-state index in [4.69, 9.17) is 0 Å². The Labute approximate surface area is 152 Å². The molecule has 0 aliphatic carbocycles. The minimum atomic E-state index is -4.79. The first-order valence-corrected chi connectivity index (χ1v) is 8.31. The van der Waals surface area contributed by atoms with E-state index in [1.165, 1.54) is 24.4 Å². The number of hydrogen-bond donors (Lipinski definition) is 1. The van der Waals surface area contributed by atoms with Crippen LogP contribution in [-0.4, -0.2) is 24.6 Å². The van der Waals surface area contributed by atoms with E-state index in [0.717, 1.165) is 10.8 Å². The maximum Gasteiger partial charge on any atom is 0.434 e. The van der Waals surface area contributed by atoms with Gasteiger partial charge in [-0.15, -0.1) is 0 Å². The lowest BCUT2D eigenvalue weighted by Gasteiger charge is -2.16. The van der Waals surface area contributed by atoms with E-state index < -0.39 is 22.8 Å². The fraction of sp³-hybridized carbons (Fsp3) is 0.333. The van der Waals surface area contributed by atoms with Gasteiger partial charge in [-0.25, -0.2) is 9.97 Å². The predicted molar refractivity (Wildman–Crippen MR) is 93.2 cm³/mol. The highest BCUT2D eigenvalue weighted by Gasteiger charge is 2.36. The van der Waals surface area contributed by atoms with E-state index in [1.54, 1.807) is 0 Å². The summed E-state index contributed by atoms with van der Waals surface area (Å²) in [6.07, 6.45) is -1.88. The minimum Gasteiger partial charge on any atom is -0.506 e. The van der Waals surface area contributed by atoms with Gasteiger partial charge in [-0.05, 0) is 30.5 Å². The van der Waals surface area contributed by atoms with Crippen molar-refractivity contribution in [1.29, 1.82) is 0 Å². The third kappa shape index (κ3) is 3.62. The first-order valence-electron chi connectivity index (χ1n) is 8.31. The molecule has 0 fully saturated rings. The third-order valence-corrected chi connectivity index (χ3v) is 4.07. The smallest absolute Gasteiger partial charge is 0.434 e. The van der Waals surface area contributed by atoms with Gasteiger partial charge >= 0.3 is 6.18 Å². The Morgan fingerprint density at radius 2 is 1.93 bits per heavy atom. The van der Waals surface area contributed by atoms with Crippen LogP contribution in [0.5, 0.6) is 5.75 Å². The van der Waals surface area contributed by atoms with Crippen LogP contribution in [0, 0.1) is 5.92 Å². The molecule has 3 heterocycles. The molecule has 0 spiro atoms. The number of pyridine rings is 2. The van der Waals surface area contributed by atoms with Gasteiger partial charge in [0.2, 0.25) is 0 Å². The molecule has 0 unspecified atom stereocenters. The minimum absolute atomic E-state index is 0.0191. The molecule has 0 amide bonds. The van der Waals surface area contributed by atoms with Gasteiger partial charge in [0, 0.05) is 18.9 Å². The number of halogens is 3. The van der Waals surface area contributed by atoms with Crippen molar-refractivity contribution in [1.82, 2.24) is 19.5 Å². The molecule has 3 aromatic heterocycles. The average molecular weight is 378 g/mol. The zero-order valence-corrected chi connectivity index (χ0v) is 14.7. The third-order valence-electron chi connectivity index (χ3n) is 4.07. The summed E-state index contributed by atoms with van der Waals surface area (Å²) in [5, 5.41) is 9.51. The van der Waals surface area contributed by atoms with Gasteiger partial charge in [0.05, 0.1) is 10.9 Å². The molecule has 0 saturated heterocycles. The molecule has 0 bridgehead atoms. The number of alkyl halides is 3. The molecule has 0 aliphatic heterocycles. The summed E-state index contributed by atoms with van der Waals surface area (Å²) in [6.45, 7) is 4.00. The number of rotatable bonds is 4. The summed E-state index contributed by atoms with van der Waals surface area (Å²) >= 11 is 0. The van der Waals surface area contributed by atoms with Crippen LogP contribution in [0.1, 0.15) is 26.0 Å². The maximum absolute atomic E-state index is 13.3. The topological polar surface area (TPSA) is 80.9 Å². The second-order valence-electron chi connectivity index (χ2n) is 6.50. The maximum atomic E-state index is 13.3. The summed E-state index contributed by atoms with van der Waals surface area (Å²) < 4.78 is 41.1.